The maximum absolute atomic E-state index is 10.1. The number of hydrogen-bond acceptors (Lipinski definition) is 3. The third kappa shape index (κ3) is 4.20. The van der Waals surface area contributed by atoms with Crippen LogP contribution in [0.4, 0.5) is 5.69 Å². The molecule has 0 fully saturated rings. The maximum atomic E-state index is 10.1. The molecule has 0 saturated heterocycles. The summed E-state index contributed by atoms with van der Waals surface area (Å²) >= 11 is 0. The largest absolute Gasteiger partial charge is 0.336 e. The highest BCUT2D eigenvalue weighted by molar-refractivity contribution is 6.10. The normalized spacial score (nSPS) is 18.0. The van der Waals surface area contributed by atoms with Crippen LogP contribution in [0.25, 0.3) is 44.2 Å². The first kappa shape index (κ1) is 27.9. The predicted octanol–water partition coefficient (Wildman–Crippen LogP) is 10.4. The van der Waals surface area contributed by atoms with E-state index in [-0.39, 0.29) is 12.0 Å². The lowest BCUT2D eigenvalue weighted by Gasteiger charge is -2.34. The first-order chi connectivity index (χ1) is 23.7. The van der Waals surface area contributed by atoms with Crippen LogP contribution in [0.1, 0.15) is 35.4 Å². The molecule has 2 aliphatic carbocycles. The smallest absolute Gasteiger partial charge is 0.101 e. The second-order valence-corrected chi connectivity index (χ2v) is 12.6. The molecular weight excluding hydrogens is 585 g/mol. The van der Waals surface area contributed by atoms with E-state index in [1.54, 1.807) is 0 Å². The van der Waals surface area contributed by atoms with Crippen LogP contribution in [0.3, 0.4) is 0 Å². The van der Waals surface area contributed by atoms with E-state index in [0.29, 0.717) is 5.56 Å². The van der Waals surface area contributed by atoms with Crippen LogP contribution in [0.15, 0.2) is 157 Å². The number of rotatable bonds is 4. The molecule has 3 aliphatic rings. The molecule has 0 amide bonds. The second-order valence-electron chi connectivity index (χ2n) is 12.6. The van der Waals surface area contributed by atoms with Crippen molar-refractivity contribution >= 4 is 33.1 Å². The van der Waals surface area contributed by atoms with Gasteiger partial charge in [-0.05, 0) is 71.5 Å². The van der Waals surface area contributed by atoms with Crippen LogP contribution in [-0.2, 0) is 0 Å². The van der Waals surface area contributed by atoms with Gasteiger partial charge in [-0.3, -0.25) is 0 Å². The van der Waals surface area contributed by atoms with E-state index >= 15 is 0 Å². The summed E-state index contributed by atoms with van der Waals surface area (Å²) in [6.45, 7) is 0. The average molecular weight is 615 g/mol. The zero-order valence-corrected chi connectivity index (χ0v) is 26.2. The van der Waals surface area contributed by atoms with Crippen LogP contribution in [0.2, 0.25) is 0 Å². The fourth-order valence-electron chi connectivity index (χ4n) is 8.01. The Morgan fingerprint density at radius 3 is 2.23 bits per heavy atom. The van der Waals surface area contributed by atoms with Crippen LogP contribution >= 0.6 is 0 Å². The van der Waals surface area contributed by atoms with Gasteiger partial charge in [0.25, 0.3) is 0 Å². The monoisotopic (exact) mass is 614 g/mol. The highest BCUT2D eigenvalue weighted by Gasteiger charge is 2.39. The Balaban J connectivity index is 1.25. The van der Waals surface area contributed by atoms with Gasteiger partial charge in [-0.25, -0.2) is 0 Å². The van der Waals surface area contributed by atoms with Crippen molar-refractivity contribution in [2.75, 3.05) is 4.90 Å². The summed E-state index contributed by atoms with van der Waals surface area (Å²) in [5.74, 6) is 0.261. The lowest BCUT2D eigenvalue weighted by atomic mass is 9.84. The summed E-state index contributed by atoms with van der Waals surface area (Å²) in [6.07, 6.45) is 12.6. The summed E-state index contributed by atoms with van der Waals surface area (Å²) in [4.78, 5) is 2.52. The number of fused-ring (bicyclic) bond motifs is 6. The second kappa shape index (κ2) is 11.2. The van der Waals surface area contributed by atoms with Gasteiger partial charge in [0.2, 0.25) is 0 Å². The van der Waals surface area contributed by atoms with Crippen molar-refractivity contribution in [2.45, 2.75) is 24.8 Å². The van der Waals surface area contributed by atoms with E-state index in [1.165, 1.54) is 33.6 Å². The fourth-order valence-corrected chi connectivity index (χ4v) is 8.01. The quantitative estimate of drug-likeness (QED) is 0.199. The number of benzene rings is 5. The minimum atomic E-state index is 0.129. The van der Waals surface area contributed by atoms with Gasteiger partial charge in [0.05, 0.1) is 34.4 Å². The van der Waals surface area contributed by atoms with Crippen molar-refractivity contribution in [3.05, 3.63) is 174 Å². The zero-order chi connectivity index (χ0) is 32.2. The number of aromatic nitrogens is 1. The first-order valence-corrected chi connectivity index (χ1v) is 16.4. The summed E-state index contributed by atoms with van der Waals surface area (Å²) in [7, 11) is 0. The molecule has 2 atom stereocenters. The third-order valence-corrected chi connectivity index (χ3v) is 10.1. The topological polar surface area (TPSA) is 55.8 Å². The maximum Gasteiger partial charge on any atom is 0.101 e. The van der Waals surface area contributed by atoms with Crippen molar-refractivity contribution in [1.82, 2.24) is 4.57 Å². The molecule has 4 nitrogen and oxygen atoms in total. The van der Waals surface area contributed by atoms with Crippen LogP contribution in [-0.4, -0.2) is 10.6 Å². The number of nitrogens with zero attached hydrogens (tertiary/aromatic N) is 4. The molecule has 0 radical (unpaired) electrons. The third-order valence-electron chi connectivity index (χ3n) is 10.1. The predicted molar refractivity (Wildman–Crippen MR) is 195 cm³/mol. The van der Waals surface area contributed by atoms with E-state index in [0.717, 1.165) is 51.5 Å². The molecule has 0 bridgehead atoms. The average Bonchev–Trinajstić information content (AvgIpc) is 3.67. The molecular formula is C44H30N4. The molecule has 0 saturated carbocycles. The zero-order valence-electron chi connectivity index (χ0n) is 26.2. The molecule has 1 aromatic heterocycles. The van der Waals surface area contributed by atoms with Gasteiger partial charge in [0.15, 0.2) is 0 Å². The molecule has 5 aromatic carbocycles. The Labute approximate surface area is 279 Å². The number of allylic oxidation sites excluding steroid dienone is 6. The summed E-state index contributed by atoms with van der Waals surface area (Å²) in [5, 5.41) is 21.9. The minimum absolute atomic E-state index is 0.129. The van der Waals surface area contributed by atoms with Crippen LogP contribution in [0.5, 0.6) is 0 Å². The van der Waals surface area contributed by atoms with Crippen molar-refractivity contribution in [3.8, 4) is 29.0 Å². The van der Waals surface area contributed by atoms with Crippen molar-refractivity contribution < 1.29 is 0 Å². The number of nitriles is 2. The SMILES string of the molecule is N#CC1=CCC(N2C3=C(c4ccccc4-c4ccc5c6ccccc6n(-c6ccccc6C#N)c5c4)C=CCC3c3ccccc32)C=C1. The molecule has 4 heteroatoms. The Kier molecular flexibility index (Phi) is 6.49. The number of hydrogen-bond donors (Lipinski definition) is 0. The minimum Gasteiger partial charge on any atom is -0.336 e. The fraction of sp³-hybridized carbons (Fsp3) is 0.0909. The standard InChI is InChI=1S/C44H30N4/c45-27-29-20-23-32(24-21-29)47-41-18-7-5-14-36(41)39-16-9-15-38(44(39)47)34-12-3-2-11-33(34)30-22-25-37-35-13-4-8-19-42(35)48(43(37)26-30)40-17-6-1-10-31(40)28-46/h1-15,17-23,25-26,32,39H,16,24H2. The van der Waals surface area contributed by atoms with Crippen molar-refractivity contribution in [3.63, 3.8) is 0 Å². The van der Waals surface area contributed by atoms with Gasteiger partial charge in [0, 0.05) is 39.2 Å². The van der Waals surface area contributed by atoms with Crippen molar-refractivity contribution in [1.29, 1.82) is 10.5 Å². The van der Waals surface area contributed by atoms with Gasteiger partial charge in [-0.15, -0.1) is 0 Å². The van der Waals surface area contributed by atoms with Gasteiger partial charge in [-0.2, -0.15) is 10.5 Å². The summed E-state index contributed by atoms with van der Waals surface area (Å²) in [5.41, 5.74) is 13.1. The van der Waals surface area contributed by atoms with Gasteiger partial charge >= 0.3 is 0 Å². The van der Waals surface area contributed by atoms with Gasteiger partial charge in [0.1, 0.15) is 6.07 Å². The van der Waals surface area contributed by atoms with E-state index < -0.39 is 0 Å². The lowest BCUT2D eigenvalue weighted by Crippen LogP contribution is -2.33. The Morgan fingerprint density at radius 2 is 1.40 bits per heavy atom. The molecule has 226 valence electrons. The molecule has 2 unspecified atom stereocenters. The highest BCUT2D eigenvalue weighted by atomic mass is 15.2. The Bertz CT molecular complexity index is 2510. The van der Waals surface area contributed by atoms with Crippen LogP contribution < -0.4 is 4.90 Å². The molecule has 0 spiro atoms. The van der Waals surface area contributed by atoms with E-state index in [2.05, 4.69) is 137 Å². The van der Waals surface area contributed by atoms with E-state index in [4.69, 9.17) is 0 Å². The molecule has 48 heavy (non-hydrogen) atoms. The first-order valence-electron chi connectivity index (χ1n) is 16.4. The highest BCUT2D eigenvalue weighted by Crippen LogP contribution is 2.53. The van der Waals surface area contributed by atoms with Crippen molar-refractivity contribution in [2.24, 2.45) is 0 Å². The molecule has 9 rings (SSSR count). The van der Waals surface area contributed by atoms with Gasteiger partial charge in [-0.1, -0.05) is 109 Å². The summed E-state index contributed by atoms with van der Waals surface area (Å²) < 4.78 is 2.24. The molecule has 1 aliphatic heterocycles. The van der Waals surface area contributed by atoms with Gasteiger partial charge < -0.3 is 9.47 Å². The van der Waals surface area contributed by atoms with E-state index in [1.807, 2.05) is 30.3 Å². The number of anilines is 1. The number of para-hydroxylation sites is 3. The Hall–Kier alpha value is -6.36. The lowest BCUT2D eigenvalue weighted by molar-refractivity contribution is 0.720. The van der Waals surface area contributed by atoms with Crippen LogP contribution in [0, 0.1) is 22.7 Å². The molecule has 2 heterocycles. The summed E-state index contributed by atoms with van der Waals surface area (Å²) in [6, 6.07) is 45.4. The Morgan fingerprint density at radius 1 is 0.646 bits per heavy atom. The molecule has 6 aromatic rings. The molecule has 0 N–H and O–H groups in total. The van der Waals surface area contributed by atoms with E-state index in [9.17, 15) is 10.5 Å².